The lowest BCUT2D eigenvalue weighted by atomic mass is 10.1. The van der Waals surface area contributed by atoms with Crippen molar-refractivity contribution in [3.05, 3.63) is 53.8 Å². The average Bonchev–Trinajstić information content (AvgIpc) is 2.97. The number of benzene rings is 1. The highest BCUT2D eigenvalue weighted by Gasteiger charge is 2.34. The predicted octanol–water partition coefficient (Wildman–Crippen LogP) is 1.66. The van der Waals surface area contributed by atoms with Crippen LogP contribution in [-0.2, 0) is 14.3 Å². The number of allylic oxidation sites excluding steroid dienone is 1. The summed E-state index contributed by atoms with van der Waals surface area (Å²) in [5, 5.41) is 2.61. The second-order valence-electron chi connectivity index (χ2n) is 4.54. The van der Waals surface area contributed by atoms with Gasteiger partial charge in [-0.15, -0.1) is 0 Å². The Balaban J connectivity index is 1.97. The van der Waals surface area contributed by atoms with Crippen LogP contribution in [0.5, 0.6) is 0 Å². The Hall–Kier alpha value is -2.47. The number of hydrogen-bond donors (Lipinski definition) is 1. The van der Waals surface area contributed by atoms with Gasteiger partial charge in [0, 0.05) is 6.42 Å². The molecule has 5 nitrogen and oxygen atoms in total. The largest absolute Gasteiger partial charge is 0.494 e. The summed E-state index contributed by atoms with van der Waals surface area (Å²) in [6.45, 7) is 0.565. The smallest absolute Gasteiger partial charge is 0.270 e. The number of ether oxygens (including phenoxy) is 1. The summed E-state index contributed by atoms with van der Waals surface area (Å²) < 4.78 is 5.32. The van der Waals surface area contributed by atoms with E-state index in [-0.39, 0.29) is 10.7 Å². The van der Waals surface area contributed by atoms with Gasteiger partial charge < -0.3 is 4.74 Å². The van der Waals surface area contributed by atoms with Gasteiger partial charge in [0.15, 0.2) is 5.11 Å². The molecular weight excluding hydrogens is 288 g/mol. The van der Waals surface area contributed by atoms with Gasteiger partial charge in [0.1, 0.15) is 11.3 Å². The monoisotopic (exact) mass is 300 g/mol. The van der Waals surface area contributed by atoms with Gasteiger partial charge in [-0.3, -0.25) is 19.8 Å². The third-order valence-corrected chi connectivity index (χ3v) is 3.42. The normalized spacial score (nSPS) is 20.4. The molecule has 0 spiro atoms. The minimum atomic E-state index is -0.506. The van der Waals surface area contributed by atoms with Gasteiger partial charge >= 0.3 is 0 Å². The molecule has 1 N–H and O–H groups in total. The first-order valence-corrected chi connectivity index (χ1v) is 6.87. The highest BCUT2D eigenvalue weighted by atomic mass is 32.1. The Labute approximate surface area is 126 Å². The Kier molecular flexibility index (Phi) is 3.53. The molecule has 0 aromatic heterocycles. The fourth-order valence-electron chi connectivity index (χ4n) is 2.15. The number of nitrogens with one attached hydrogen (secondary N) is 1. The molecule has 106 valence electrons. The number of amides is 2. The third kappa shape index (κ3) is 2.57. The average molecular weight is 300 g/mol. The molecule has 0 atom stereocenters. The molecule has 2 amide bonds. The quantitative estimate of drug-likeness (QED) is 0.513. The second-order valence-corrected chi connectivity index (χ2v) is 4.92. The molecule has 1 fully saturated rings. The van der Waals surface area contributed by atoms with Crippen molar-refractivity contribution in [1.29, 1.82) is 0 Å². The number of carbonyl (C=O) groups excluding carboxylic acids is 2. The number of nitrogens with zero attached hydrogens (tertiary/aromatic N) is 1. The van der Waals surface area contributed by atoms with E-state index in [2.05, 4.69) is 5.32 Å². The van der Waals surface area contributed by atoms with Crippen molar-refractivity contribution in [2.24, 2.45) is 0 Å². The van der Waals surface area contributed by atoms with E-state index in [1.165, 1.54) is 11.0 Å². The molecule has 0 saturated carbocycles. The first-order chi connectivity index (χ1) is 10.2. The van der Waals surface area contributed by atoms with Crippen LogP contribution in [0.4, 0.5) is 5.69 Å². The fourth-order valence-corrected chi connectivity index (χ4v) is 2.43. The van der Waals surface area contributed by atoms with Gasteiger partial charge in [0.05, 0.1) is 12.3 Å². The Morgan fingerprint density at radius 2 is 2.00 bits per heavy atom. The van der Waals surface area contributed by atoms with Crippen LogP contribution in [0.25, 0.3) is 0 Å². The molecule has 2 aliphatic heterocycles. The first-order valence-electron chi connectivity index (χ1n) is 6.46. The van der Waals surface area contributed by atoms with Gasteiger partial charge in [-0.1, -0.05) is 18.2 Å². The summed E-state index contributed by atoms with van der Waals surface area (Å²) in [6, 6.07) is 8.95. The lowest BCUT2D eigenvalue weighted by molar-refractivity contribution is -0.122. The van der Waals surface area contributed by atoms with Gasteiger partial charge in [-0.25, -0.2) is 0 Å². The molecule has 6 heteroatoms. The molecule has 1 aromatic rings. The van der Waals surface area contributed by atoms with Crippen LogP contribution in [0.3, 0.4) is 0 Å². The van der Waals surface area contributed by atoms with E-state index >= 15 is 0 Å². The van der Waals surface area contributed by atoms with E-state index in [1.807, 2.05) is 12.1 Å². The van der Waals surface area contributed by atoms with Crippen LogP contribution >= 0.6 is 12.2 Å². The molecule has 0 radical (unpaired) electrons. The van der Waals surface area contributed by atoms with E-state index in [0.717, 1.165) is 6.42 Å². The van der Waals surface area contributed by atoms with Crippen molar-refractivity contribution < 1.29 is 14.3 Å². The van der Waals surface area contributed by atoms with Gasteiger partial charge in [0.2, 0.25) is 0 Å². The zero-order valence-electron chi connectivity index (χ0n) is 11.0. The predicted molar refractivity (Wildman–Crippen MR) is 81.4 cm³/mol. The summed E-state index contributed by atoms with van der Waals surface area (Å²) in [6.07, 6.45) is 4.07. The van der Waals surface area contributed by atoms with Crippen molar-refractivity contribution in [3.63, 3.8) is 0 Å². The van der Waals surface area contributed by atoms with E-state index in [1.54, 1.807) is 24.3 Å². The van der Waals surface area contributed by atoms with Crippen LogP contribution in [-0.4, -0.2) is 23.5 Å². The molecule has 1 saturated heterocycles. The number of rotatable bonds is 2. The SMILES string of the molecule is O=C1NC(=S)N(c2ccccc2)C(=O)/C1=C/C1=CCCO1. The fraction of sp³-hybridized carbons (Fsp3) is 0.133. The van der Waals surface area contributed by atoms with Crippen LogP contribution in [0.15, 0.2) is 53.8 Å². The highest BCUT2D eigenvalue weighted by molar-refractivity contribution is 7.80. The number of carbonyl (C=O) groups is 2. The zero-order valence-corrected chi connectivity index (χ0v) is 11.9. The summed E-state index contributed by atoms with van der Waals surface area (Å²) in [5.74, 6) is -0.422. The number of para-hydroxylation sites is 1. The highest BCUT2D eigenvalue weighted by Crippen LogP contribution is 2.22. The maximum absolute atomic E-state index is 12.6. The standard InChI is InChI=1S/C15H12N2O3S/c18-13-12(9-11-7-4-8-20-11)14(19)17(15(21)16-13)10-5-2-1-3-6-10/h1-3,5-7,9H,4,8H2,(H,16,18,21)/b12-9+. The summed E-state index contributed by atoms with van der Waals surface area (Å²) in [4.78, 5) is 25.8. The molecule has 2 aliphatic rings. The van der Waals surface area contributed by atoms with Gasteiger partial charge in [-0.2, -0.15) is 0 Å². The van der Waals surface area contributed by atoms with Crippen molar-refractivity contribution >= 4 is 34.8 Å². The van der Waals surface area contributed by atoms with Crippen LogP contribution < -0.4 is 10.2 Å². The molecule has 0 aliphatic carbocycles. The molecule has 0 bridgehead atoms. The Morgan fingerprint density at radius 1 is 1.24 bits per heavy atom. The van der Waals surface area contributed by atoms with E-state index < -0.39 is 11.8 Å². The van der Waals surface area contributed by atoms with E-state index in [0.29, 0.717) is 18.1 Å². The summed E-state index contributed by atoms with van der Waals surface area (Å²) in [7, 11) is 0. The van der Waals surface area contributed by atoms with Crippen LogP contribution in [0, 0.1) is 0 Å². The number of anilines is 1. The minimum Gasteiger partial charge on any atom is -0.494 e. The molecule has 0 unspecified atom stereocenters. The molecule has 21 heavy (non-hydrogen) atoms. The van der Waals surface area contributed by atoms with Crippen molar-refractivity contribution in [2.75, 3.05) is 11.5 Å². The zero-order chi connectivity index (χ0) is 14.8. The lowest BCUT2D eigenvalue weighted by Gasteiger charge is -2.28. The van der Waals surface area contributed by atoms with Crippen molar-refractivity contribution in [3.8, 4) is 0 Å². The maximum Gasteiger partial charge on any atom is 0.270 e. The lowest BCUT2D eigenvalue weighted by Crippen LogP contribution is -2.54. The molecule has 2 heterocycles. The Bertz CT molecular complexity index is 679. The molecule has 1 aromatic carbocycles. The molecule has 3 rings (SSSR count). The summed E-state index contributed by atoms with van der Waals surface area (Å²) in [5.41, 5.74) is 0.625. The number of thiocarbonyl (C=S) groups is 1. The van der Waals surface area contributed by atoms with Crippen LogP contribution in [0.2, 0.25) is 0 Å². The summed E-state index contributed by atoms with van der Waals surface area (Å²) >= 11 is 5.10. The topological polar surface area (TPSA) is 58.6 Å². The van der Waals surface area contributed by atoms with Gasteiger partial charge in [0.25, 0.3) is 11.8 Å². The maximum atomic E-state index is 12.6. The Morgan fingerprint density at radius 3 is 2.67 bits per heavy atom. The molecular formula is C15H12N2O3S. The first kappa shape index (κ1) is 13.5. The second kappa shape index (κ2) is 5.49. The van der Waals surface area contributed by atoms with E-state index in [9.17, 15) is 9.59 Å². The van der Waals surface area contributed by atoms with Crippen LogP contribution in [0.1, 0.15) is 6.42 Å². The van der Waals surface area contributed by atoms with E-state index in [4.69, 9.17) is 17.0 Å². The third-order valence-electron chi connectivity index (χ3n) is 3.13. The van der Waals surface area contributed by atoms with Crippen molar-refractivity contribution in [1.82, 2.24) is 5.32 Å². The van der Waals surface area contributed by atoms with Crippen molar-refractivity contribution in [2.45, 2.75) is 6.42 Å². The number of hydrogen-bond acceptors (Lipinski definition) is 4. The minimum absolute atomic E-state index is 0.0144. The van der Waals surface area contributed by atoms with Gasteiger partial charge in [-0.05, 0) is 36.5 Å².